The van der Waals surface area contributed by atoms with Crippen LogP contribution in [0.25, 0.3) is 0 Å². The van der Waals surface area contributed by atoms with Crippen LogP contribution < -0.4 is 10.6 Å². The van der Waals surface area contributed by atoms with Crippen LogP contribution in [-0.2, 0) is 0 Å². The summed E-state index contributed by atoms with van der Waals surface area (Å²) in [5.41, 5.74) is 1.22. The van der Waals surface area contributed by atoms with Gasteiger partial charge in [-0.3, -0.25) is 0 Å². The minimum atomic E-state index is 0.178. The van der Waals surface area contributed by atoms with E-state index < -0.39 is 0 Å². The predicted octanol–water partition coefficient (Wildman–Crippen LogP) is 4.52. The highest BCUT2D eigenvalue weighted by Gasteiger charge is 2.12. The lowest BCUT2D eigenvalue weighted by Gasteiger charge is -2.19. The van der Waals surface area contributed by atoms with Crippen LogP contribution in [0, 0.1) is 0 Å². The Bertz CT molecular complexity index is 559. The number of benzene rings is 1. The summed E-state index contributed by atoms with van der Waals surface area (Å²) in [5, 5.41) is 7.11. The van der Waals surface area contributed by atoms with Crippen molar-refractivity contribution < 1.29 is 0 Å². The molecule has 0 radical (unpaired) electrons. The van der Waals surface area contributed by atoms with Gasteiger partial charge in [0.2, 0.25) is 5.95 Å². The van der Waals surface area contributed by atoms with E-state index in [9.17, 15) is 0 Å². The second-order valence-electron chi connectivity index (χ2n) is 4.83. The zero-order valence-corrected chi connectivity index (χ0v) is 13.2. The summed E-state index contributed by atoms with van der Waals surface area (Å²) >= 11 is 6.20. The Morgan fingerprint density at radius 1 is 1.19 bits per heavy atom. The van der Waals surface area contributed by atoms with Gasteiger partial charge in [-0.1, -0.05) is 55.8 Å². The lowest BCUT2D eigenvalue weighted by Crippen LogP contribution is -2.13. The minimum Gasteiger partial charge on any atom is -0.362 e. The molecule has 0 aliphatic heterocycles. The number of rotatable bonds is 7. The Morgan fingerprint density at radius 2 is 1.95 bits per heavy atom. The summed E-state index contributed by atoms with van der Waals surface area (Å²) < 4.78 is 0. The third-order valence-corrected chi connectivity index (χ3v) is 3.47. The number of aromatic nitrogens is 2. The molecule has 2 N–H and O–H groups in total. The van der Waals surface area contributed by atoms with Crippen LogP contribution in [0.4, 0.5) is 11.8 Å². The first-order valence-corrected chi connectivity index (χ1v) is 7.70. The number of halogens is 1. The van der Waals surface area contributed by atoms with Crippen LogP contribution in [-0.4, -0.2) is 16.5 Å². The van der Waals surface area contributed by atoms with E-state index in [1.807, 2.05) is 18.2 Å². The van der Waals surface area contributed by atoms with E-state index in [0.29, 0.717) is 16.8 Å². The van der Waals surface area contributed by atoms with Gasteiger partial charge in [0.15, 0.2) is 5.82 Å². The SMILES string of the molecule is CCCNc1ncc(Cl)c(NC(CC)c2ccccc2)n1. The fraction of sp³-hybridized carbons (Fsp3) is 0.375. The fourth-order valence-corrected chi connectivity index (χ4v) is 2.21. The van der Waals surface area contributed by atoms with Gasteiger partial charge in [-0.25, -0.2) is 4.98 Å². The zero-order valence-electron chi connectivity index (χ0n) is 12.4. The Kier molecular flexibility index (Phi) is 5.81. The van der Waals surface area contributed by atoms with Crippen molar-refractivity contribution >= 4 is 23.4 Å². The van der Waals surface area contributed by atoms with Gasteiger partial charge in [0.05, 0.1) is 12.2 Å². The van der Waals surface area contributed by atoms with Crippen molar-refractivity contribution in [2.75, 3.05) is 17.2 Å². The third-order valence-electron chi connectivity index (χ3n) is 3.20. The summed E-state index contributed by atoms with van der Waals surface area (Å²) in [6.07, 6.45) is 3.60. The van der Waals surface area contributed by atoms with Crippen LogP contribution in [0.2, 0.25) is 5.02 Å². The second kappa shape index (κ2) is 7.84. The molecule has 21 heavy (non-hydrogen) atoms. The Balaban J connectivity index is 2.16. The topological polar surface area (TPSA) is 49.8 Å². The van der Waals surface area contributed by atoms with Crippen LogP contribution in [0.1, 0.15) is 38.3 Å². The Labute approximate surface area is 131 Å². The first-order chi connectivity index (χ1) is 10.2. The number of hydrogen-bond acceptors (Lipinski definition) is 4. The van der Waals surface area contributed by atoms with Crippen molar-refractivity contribution in [3.63, 3.8) is 0 Å². The van der Waals surface area contributed by atoms with E-state index in [-0.39, 0.29) is 6.04 Å². The fourth-order valence-electron chi connectivity index (χ4n) is 2.06. The molecule has 4 nitrogen and oxygen atoms in total. The lowest BCUT2D eigenvalue weighted by molar-refractivity contribution is 0.744. The Morgan fingerprint density at radius 3 is 2.62 bits per heavy atom. The average molecular weight is 305 g/mol. The molecule has 0 fully saturated rings. The molecule has 1 heterocycles. The summed E-state index contributed by atoms with van der Waals surface area (Å²) in [5.74, 6) is 1.27. The van der Waals surface area contributed by atoms with Gasteiger partial charge in [-0.05, 0) is 18.4 Å². The van der Waals surface area contributed by atoms with Crippen LogP contribution in [0.15, 0.2) is 36.5 Å². The van der Waals surface area contributed by atoms with Crippen molar-refractivity contribution in [3.05, 3.63) is 47.1 Å². The lowest BCUT2D eigenvalue weighted by atomic mass is 10.0. The van der Waals surface area contributed by atoms with E-state index in [1.165, 1.54) is 5.56 Å². The standard InChI is InChI=1S/C16H21ClN4/c1-3-10-18-16-19-11-13(17)15(21-16)20-14(4-2)12-8-6-5-7-9-12/h5-9,11,14H,3-4,10H2,1-2H3,(H2,18,19,20,21). The highest BCUT2D eigenvalue weighted by atomic mass is 35.5. The smallest absolute Gasteiger partial charge is 0.224 e. The highest BCUT2D eigenvalue weighted by Crippen LogP contribution is 2.26. The maximum Gasteiger partial charge on any atom is 0.224 e. The van der Waals surface area contributed by atoms with Gasteiger partial charge >= 0.3 is 0 Å². The van der Waals surface area contributed by atoms with Crippen LogP contribution >= 0.6 is 11.6 Å². The van der Waals surface area contributed by atoms with Crippen molar-refractivity contribution in [3.8, 4) is 0 Å². The molecule has 112 valence electrons. The highest BCUT2D eigenvalue weighted by molar-refractivity contribution is 6.32. The largest absolute Gasteiger partial charge is 0.362 e. The minimum absolute atomic E-state index is 0.178. The molecule has 0 saturated heterocycles. The zero-order chi connectivity index (χ0) is 15.1. The van der Waals surface area contributed by atoms with Gasteiger partial charge in [-0.15, -0.1) is 0 Å². The van der Waals surface area contributed by atoms with Gasteiger partial charge < -0.3 is 10.6 Å². The molecule has 1 aromatic heterocycles. The van der Waals surface area contributed by atoms with E-state index in [1.54, 1.807) is 6.20 Å². The summed E-state index contributed by atoms with van der Waals surface area (Å²) in [6.45, 7) is 5.08. The van der Waals surface area contributed by atoms with E-state index >= 15 is 0 Å². The molecule has 0 aliphatic carbocycles. The normalized spacial score (nSPS) is 12.0. The van der Waals surface area contributed by atoms with E-state index in [0.717, 1.165) is 19.4 Å². The van der Waals surface area contributed by atoms with Crippen LogP contribution in [0.3, 0.4) is 0 Å². The maximum atomic E-state index is 6.20. The molecule has 1 unspecified atom stereocenters. The molecule has 2 aromatic rings. The average Bonchev–Trinajstić information content (AvgIpc) is 2.53. The molecule has 1 aromatic carbocycles. The second-order valence-corrected chi connectivity index (χ2v) is 5.24. The van der Waals surface area contributed by atoms with Gasteiger partial charge in [-0.2, -0.15) is 4.98 Å². The molecule has 0 spiro atoms. The van der Waals surface area contributed by atoms with E-state index in [4.69, 9.17) is 11.6 Å². The predicted molar refractivity (Wildman–Crippen MR) is 88.9 cm³/mol. The van der Waals surface area contributed by atoms with Gasteiger partial charge in [0.1, 0.15) is 5.02 Å². The molecule has 0 amide bonds. The summed E-state index contributed by atoms with van der Waals surface area (Å²) in [7, 11) is 0. The summed E-state index contributed by atoms with van der Waals surface area (Å²) in [4.78, 5) is 8.65. The van der Waals surface area contributed by atoms with Crippen LogP contribution in [0.5, 0.6) is 0 Å². The molecule has 0 bridgehead atoms. The monoisotopic (exact) mass is 304 g/mol. The van der Waals surface area contributed by atoms with Gasteiger partial charge in [0, 0.05) is 6.54 Å². The quantitative estimate of drug-likeness (QED) is 0.790. The number of anilines is 2. The van der Waals surface area contributed by atoms with Crippen molar-refractivity contribution in [2.45, 2.75) is 32.7 Å². The first-order valence-electron chi connectivity index (χ1n) is 7.32. The van der Waals surface area contributed by atoms with Gasteiger partial charge in [0.25, 0.3) is 0 Å². The molecular formula is C16H21ClN4. The van der Waals surface area contributed by atoms with E-state index in [2.05, 4.69) is 46.6 Å². The van der Waals surface area contributed by atoms with Crippen molar-refractivity contribution in [1.82, 2.24) is 9.97 Å². The number of hydrogen-bond donors (Lipinski definition) is 2. The first kappa shape index (κ1) is 15.6. The third kappa shape index (κ3) is 4.33. The molecule has 2 rings (SSSR count). The summed E-state index contributed by atoms with van der Waals surface area (Å²) in [6, 6.07) is 10.5. The number of nitrogens with zero attached hydrogens (tertiary/aromatic N) is 2. The number of nitrogens with one attached hydrogen (secondary N) is 2. The molecular weight excluding hydrogens is 284 g/mol. The molecule has 5 heteroatoms. The van der Waals surface area contributed by atoms with Crippen molar-refractivity contribution in [1.29, 1.82) is 0 Å². The van der Waals surface area contributed by atoms with Crippen molar-refractivity contribution in [2.24, 2.45) is 0 Å². The molecule has 0 saturated carbocycles. The maximum absolute atomic E-state index is 6.20. The molecule has 0 aliphatic rings. The Hall–Kier alpha value is -1.81. The molecule has 1 atom stereocenters.